The molecule has 3 aromatic rings. The fourth-order valence-electron chi connectivity index (χ4n) is 4.23. The molecule has 0 radical (unpaired) electrons. The summed E-state index contributed by atoms with van der Waals surface area (Å²) in [7, 11) is 1.59. The number of ether oxygens (including phenoxy) is 1. The Labute approximate surface area is 215 Å². The second-order valence-corrected chi connectivity index (χ2v) is 9.36. The van der Waals surface area contributed by atoms with Crippen molar-refractivity contribution in [3.05, 3.63) is 78.2 Å². The molecular formula is C28H31FN4O4. The van der Waals surface area contributed by atoms with Crippen molar-refractivity contribution >= 4 is 17.6 Å². The van der Waals surface area contributed by atoms with Gasteiger partial charge in [0.15, 0.2) is 0 Å². The van der Waals surface area contributed by atoms with Crippen molar-refractivity contribution in [3.8, 4) is 17.0 Å². The van der Waals surface area contributed by atoms with Gasteiger partial charge in [0.1, 0.15) is 17.5 Å². The minimum absolute atomic E-state index is 0.0833. The Kier molecular flexibility index (Phi) is 8.03. The molecule has 0 unspecified atom stereocenters. The normalized spacial score (nSPS) is 18.2. The van der Waals surface area contributed by atoms with E-state index in [1.165, 1.54) is 17.0 Å². The third-order valence-corrected chi connectivity index (χ3v) is 6.54. The average molecular weight is 507 g/mol. The Morgan fingerprint density at radius 1 is 1.22 bits per heavy atom. The number of rotatable bonds is 6. The Morgan fingerprint density at radius 2 is 1.92 bits per heavy atom. The number of aliphatic hydroxyl groups is 1. The molecule has 0 bridgehead atoms. The minimum atomic E-state index is -0.528. The van der Waals surface area contributed by atoms with Gasteiger partial charge in [0, 0.05) is 31.3 Å². The number of halogens is 1. The van der Waals surface area contributed by atoms with Crippen LogP contribution in [0.15, 0.2) is 66.9 Å². The lowest BCUT2D eigenvalue weighted by Gasteiger charge is -2.37. The average Bonchev–Trinajstić information content (AvgIpc) is 2.91. The van der Waals surface area contributed by atoms with Gasteiger partial charge < -0.3 is 25.0 Å². The number of fused-ring (bicyclic) bond motifs is 1. The summed E-state index contributed by atoms with van der Waals surface area (Å²) in [6.45, 7) is 3.98. The van der Waals surface area contributed by atoms with Crippen LogP contribution in [0.2, 0.25) is 0 Å². The number of hydrogen-bond acceptors (Lipinski definition) is 5. The standard InChI is InChI=1S/C28H31FN4O4/c1-18-15-33(19(2)17-34)27(35)22-13-21(20-9-5-4-6-10-20)14-30-26(22)37-25(18)16-32(3)28(36)31-24-12-8-7-11-23(24)29/h4-14,18-19,25,34H,15-17H2,1-3H3,(H,31,36)/t18-,19-,25+/m1/s1. The third kappa shape index (κ3) is 5.89. The van der Waals surface area contributed by atoms with Gasteiger partial charge in [-0.3, -0.25) is 4.79 Å². The molecule has 8 nitrogen and oxygen atoms in total. The SMILES string of the molecule is C[C@@H]1CN([C@H](C)CO)C(=O)c2cc(-c3ccccc3)cnc2O[C@H]1CN(C)C(=O)Nc1ccccc1F. The number of para-hydroxylation sites is 1. The van der Waals surface area contributed by atoms with Gasteiger partial charge in [-0.05, 0) is 30.7 Å². The summed E-state index contributed by atoms with van der Waals surface area (Å²) in [6, 6.07) is 16.4. The fourth-order valence-corrected chi connectivity index (χ4v) is 4.23. The third-order valence-electron chi connectivity index (χ3n) is 6.54. The predicted octanol–water partition coefficient (Wildman–Crippen LogP) is 4.27. The van der Waals surface area contributed by atoms with Crippen LogP contribution in [0.25, 0.3) is 11.1 Å². The van der Waals surface area contributed by atoms with E-state index in [0.29, 0.717) is 6.54 Å². The highest BCUT2D eigenvalue weighted by molar-refractivity contribution is 5.98. The topological polar surface area (TPSA) is 95.0 Å². The quantitative estimate of drug-likeness (QED) is 0.521. The molecular weight excluding hydrogens is 475 g/mol. The molecule has 0 saturated carbocycles. The van der Waals surface area contributed by atoms with Gasteiger partial charge in [-0.25, -0.2) is 14.2 Å². The number of carbonyl (C=O) groups excluding carboxylic acids is 2. The van der Waals surface area contributed by atoms with Crippen LogP contribution in [0.1, 0.15) is 24.2 Å². The van der Waals surface area contributed by atoms with Crippen molar-refractivity contribution < 1.29 is 23.8 Å². The number of pyridine rings is 1. The smallest absolute Gasteiger partial charge is 0.321 e. The van der Waals surface area contributed by atoms with Crippen molar-refractivity contribution in [3.63, 3.8) is 0 Å². The molecule has 2 aromatic carbocycles. The van der Waals surface area contributed by atoms with E-state index < -0.39 is 24.0 Å². The molecule has 0 fully saturated rings. The van der Waals surface area contributed by atoms with Crippen molar-refractivity contribution in [2.75, 3.05) is 32.1 Å². The Hall–Kier alpha value is -3.98. The minimum Gasteiger partial charge on any atom is -0.472 e. The Bertz CT molecular complexity index is 1260. The number of amides is 3. The zero-order valence-corrected chi connectivity index (χ0v) is 21.1. The number of carbonyl (C=O) groups is 2. The number of urea groups is 1. The van der Waals surface area contributed by atoms with Crippen LogP contribution in [-0.4, -0.2) is 70.7 Å². The van der Waals surface area contributed by atoms with Gasteiger partial charge in [-0.15, -0.1) is 0 Å². The summed E-state index contributed by atoms with van der Waals surface area (Å²) in [4.78, 5) is 33.9. The van der Waals surface area contributed by atoms with E-state index in [0.717, 1.165) is 11.1 Å². The molecule has 9 heteroatoms. The van der Waals surface area contributed by atoms with Gasteiger partial charge in [0.05, 0.1) is 24.9 Å². The molecule has 2 N–H and O–H groups in total. The molecule has 194 valence electrons. The van der Waals surface area contributed by atoms with Crippen LogP contribution in [0.5, 0.6) is 5.88 Å². The first-order valence-electron chi connectivity index (χ1n) is 12.2. The van der Waals surface area contributed by atoms with Crippen molar-refractivity contribution in [2.24, 2.45) is 5.92 Å². The second-order valence-electron chi connectivity index (χ2n) is 9.36. The van der Waals surface area contributed by atoms with Crippen LogP contribution >= 0.6 is 0 Å². The molecule has 0 aliphatic carbocycles. The first-order valence-corrected chi connectivity index (χ1v) is 12.2. The van der Waals surface area contributed by atoms with Crippen LogP contribution < -0.4 is 10.1 Å². The monoisotopic (exact) mass is 506 g/mol. The van der Waals surface area contributed by atoms with Gasteiger partial charge in [-0.2, -0.15) is 0 Å². The second kappa shape index (κ2) is 11.4. The Morgan fingerprint density at radius 3 is 2.62 bits per heavy atom. The number of benzene rings is 2. The van der Waals surface area contributed by atoms with E-state index in [1.54, 1.807) is 43.3 Å². The maximum Gasteiger partial charge on any atom is 0.321 e. The molecule has 1 aliphatic heterocycles. The number of nitrogens with one attached hydrogen (secondary N) is 1. The highest BCUT2D eigenvalue weighted by Crippen LogP contribution is 2.30. The zero-order chi connectivity index (χ0) is 26.5. The maximum atomic E-state index is 14.0. The molecule has 1 aromatic heterocycles. The highest BCUT2D eigenvalue weighted by Gasteiger charge is 2.34. The number of anilines is 1. The van der Waals surface area contributed by atoms with Gasteiger partial charge in [0.2, 0.25) is 5.88 Å². The fraction of sp³-hybridized carbons (Fsp3) is 0.321. The summed E-state index contributed by atoms with van der Waals surface area (Å²) < 4.78 is 20.3. The van der Waals surface area contributed by atoms with Gasteiger partial charge >= 0.3 is 6.03 Å². The summed E-state index contributed by atoms with van der Waals surface area (Å²) in [5.41, 5.74) is 2.04. The van der Waals surface area contributed by atoms with Crippen LogP contribution in [0.3, 0.4) is 0 Å². The number of aliphatic hydroxyl groups excluding tert-OH is 1. The zero-order valence-electron chi connectivity index (χ0n) is 21.1. The number of aromatic nitrogens is 1. The van der Waals surface area contributed by atoms with E-state index in [1.807, 2.05) is 37.3 Å². The molecule has 0 saturated heterocycles. The van der Waals surface area contributed by atoms with E-state index in [2.05, 4.69) is 10.3 Å². The van der Waals surface area contributed by atoms with Gasteiger partial charge in [0.25, 0.3) is 5.91 Å². The number of hydrogen-bond donors (Lipinski definition) is 2. The molecule has 1 aliphatic rings. The van der Waals surface area contributed by atoms with E-state index >= 15 is 0 Å². The van der Waals surface area contributed by atoms with Crippen molar-refractivity contribution in [1.29, 1.82) is 0 Å². The lowest BCUT2D eigenvalue weighted by Crippen LogP contribution is -2.50. The molecule has 37 heavy (non-hydrogen) atoms. The summed E-state index contributed by atoms with van der Waals surface area (Å²) in [6.07, 6.45) is 1.13. The number of nitrogens with zero attached hydrogens (tertiary/aromatic N) is 3. The predicted molar refractivity (Wildman–Crippen MR) is 139 cm³/mol. The lowest BCUT2D eigenvalue weighted by molar-refractivity contribution is 0.0356. The molecule has 0 spiro atoms. The summed E-state index contributed by atoms with van der Waals surface area (Å²) in [5, 5.41) is 12.4. The van der Waals surface area contributed by atoms with Gasteiger partial charge in [-0.1, -0.05) is 49.4 Å². The largest absolute Gasteiger partial charge is 0.472 e. The molecule has 3 amide bonds. The molecule has 2 heterocycles. The van der Waals surface area contributed by atoms with Crippen molar-refractivity contribution in [2.45, 2.75) is 26.0 Å². The first kappa shape index (κ1) is 26.1. The van der Waals surface area contributed by atoms with Crippen LogP contribution in [0.4, 0.5) is 14.9 Å². The summed E-state index contributed by atoms with van der Waals surface area (Å²) in [5.74, 6) is -0.846. The maximum absolute atomic E-state index is 14.0. The lowest BCUT2D eigenvalue weighted by atomic mass is 9.99. The Balaban J connectivity index is 1.62. The molecule has 4 rings (SSSR count). The molecule has 3 atom stereocenters. The van der Waals surface area contributed by atoms with Crippen LogP contribution in [0, 0.1) is 11.7 Å². The number of likely N-dealkylation sites (N-methyl/N-ethyl adjacent to an activating group) is 1. The van der Waals surface area contributed by atoms with E-state index in [4.69, 9.17) is 4.74 Å². The summed E-state index contributed by atoms with van der Waals surface area (Å²) >= 11 is 0. The first-order chi connectivity index (χ1) is 17.8. The van der Waals surface area contributed by atoms with E-state index in [-0.39, 0.29) is 42.1 Å². The van der Waals surface area contributed by atoms with E-state index in [9.17, 15) is 19.1 Å². The van der Waals surface area contributed by atoms with Crippen molar-refractivity contribution in [1.82, 2.24) is 14.8 Å². The highest BCUT2D eigenvalue weighted by atomic mass is 19.1. The van der Waals surface area contributed by atoms with Crippen LogP contribution in [-0.2, 0) is 0 Å².